The smallest absolute Gasteiger partial charge is 0.161 e. The fraction of sp³-hybridized carbons (Fsp3) is 0.368. The summed E-state index contributed by atoms with van der Waals surface area (Å²) in [7, 11) is 0. The number of fused-ring (bicyclic) bond motifs is 2. The van der Waals surface area contributed by atoms with Gasteiger partial charge in [0, 0.05) is 12.1 Å². The van der Waals surface area contributed by atoms with Gasteiger partial charge in [-0.3, -0.25) is 0 Å². The van der Waals surface area contributed by atoms with E-state index in [1.165, 1.54) is 5.56 Å². The first-order chi connectivity index (χ1) is 11.2. The average molecular weight is 311 g/mol. The molecule has 4 nitrogen and oxygen atoms in total. The average Bonchev–Trinajstić information content (AvgIpc) is 2.91. The highest BCUT2D eigenvalue weighted by Crippen LogP contribution is 2.35. The van der Waals surface area contributed by atoms with Crippen molar-refractivity contribution in [2.24, 2.45) is 0 Å². The van der Waals surface area contributed by atoms with Crippen LogP contribution in [0.15, 0.2) is 42.5 Å². The number of hydrogen-bond donors (Lipinski definition) is 2. The summed E-state index contributed by atoms with van der Waals surface area (Å²) in [5.41, 5.74) is 3.41. The third kappa shape index (κ3) is 2.69. The molecule has 0 saturated carbocycles. The van der Waals surface area contributed by atoms with E-state index in [1.807, 2.05) is 30.3 Å². The van der Waals surface area contributed by atoms with Gasteiger partial charge in [-0.05, 0) is 42.2 Å². The quantitative estimate of drug-likeness (QED) is 0.915. The number of aliphatic hydroxyl groups is 1. The first-order valence-electron chi connectivity index (χ1n) is 8.14. The Morgan fingerprint density at radius 1 is 1.09 bits per heavy atom. The van der Waals surface area contributed by atoms with E-state index in [9.17, 15) is 5.11 Å². The van der Waals surface area contributed by atoms with Gasteiger partial charge in [0.25, 0.3) is 0 Å². The Labute approximate surface area is 136 Å². The van der Waals surface area contributed by atoms with E-state index in [-0.39, 0.29) is 12.1 Å². The highest BCUT2D eigenvalue weighted by Gasteiger charge is 2.31. The molecule has 2 aliphatic rings. The van der Waals surface area contributed by atoms with Crippen molar-refractivity contribution in [3.05, 3.63) is 59.2 Å². The summed E-state index contributed by atoms with van der Waals surface area (Å²) in [6, 6.07) is 14.3. The molecular formula is C19H21NO3. The highest BCUT2D eigenvalue weighted by molar-refractivity contribution is 5.44. The summed E-state index contributed by atoms with van der Waals surface area (Å²) in [6.45, 7) is 3.31. The lowest BCUT2D eigenvalue weighted by molar-refractivity contribution is 0.136. The first kappa shape index (κ1) is 14.5. The zero-order valence-corrected chi connectivity index (χ0v) is 13.2. The van der Waals surface area contributed by atoms with E-state index in [1.54, 1.807) is 0 Å². The number of aliphatic hydroxyl groups excluding tert-OH is 1. The van der Waals surface area contributed by atoms with Crippen LogP contribution < -0.4 is 14.8 Å². The molecular weight excluding hydrogens is 290 g/mol. The Bertz CT molecular complexity index is 716. The van der Waals surface area contributed by atoms with Crippen LogP contribution in [0.1, 0.15) is 35.8 Å². The molecule has 0 spiro atoms. The third-order valence-corrected chi connectivity index (χ3v) is 4.73. The monoisotopic (exact) mass is 311 g/mol. The van der Waals surface area contributed by atoms with Crippen molar-refractivity contribution in [3.63, 3.8) is 0 Å². The van der Waals surface area contributed by atoms with E-state index < -0.39 is 6.10 Å². The van der Waals surface area contributed by atoms with Gasteiger partial charge in [0.05, 0.1) is 6.10 Å². The van der Waals surface area contributed by atoms with E-state index in [4.69, 9.17) is 9.47 Å². The van der Waals surface area contributed by atoms with Gasteiger partial charge in [-0.1, -0.05) is 30.3 Å². The van der Waals surface area contributed by atoms with Crippen LogP contribution in [-0.4, -0.2) is 24.4 Å². The molecule has 1 heterocycles. The standard InChI is InChI=1S/C19H21NO3/c1-12(13-6-7-17-18(11-13)23-9-8-22-17)20-16-10-14-4-2-3-5-15(14)19(16)21/h2-7,11-12,16,19-21H,8-10H2,1H3. The predicted molar refractivity (Wildman–Crippen MR) is 87.9 cm³/mol. The van der Waals surface area contributed by atoms with Gasteiger partial charge in [0.1, 0.15) is 13.2 Å². The van der Waals surface area contributed by atoms with Crippen molar-refractivity contribution in [2.75, 3.05) is 13.2 Å². The van der Waals surface area contributed by atoms with Crippen LogP contribution >= 0.6 is 0 Å². The van der Waals surface area contributed by atoms with E-state index in [0.717, 1.165) is 29.0 Å². The number of rotatable bonds is 3. The molecule has 4 rings (SSSR count). The van der Waals surface area contributed by atoms with Crippen molar-refractivity contribution in [3.8, 4) is 11.5 Å². The summed E-state index contributed by atoms with van der Waals surface area (Å²) < 4.78 is 11.2. The Morgan fingerprint density at radius 3 is 2.70 bits per heavy atom. The van der Waals surface area contributed by atoms with Gasteiger partial charge in [-0.15, -0.1) is 0 Å². The molecule has 3 unspecified atom stereocenters. The Kier molecular flexibility index (Phi) is 3.71. The fourth-order valence-electron chi connectivity index (χ4n) is 3.47. The fourth-order valence-corrected chi connectivity index (χ4v) is 3.47. The van der Waals surface area contributed by atoms with Crippen molar-refractivity contribution in [2.45, 2.75) is 31.5 Å². The number of nitrogens with one attached hydrogen (secondary N) is 1. The molecule has 1 aliphatic heterocycles. The summed E-state index contributed by atoms with van der Waals surface area (Å²) >= 11 is 0. The van der Waals surface area contributed by atoms with Crippen LogP contribution in [0.5, 0.6) is 11.5 Å². The zero-order valence-electron chi connectivity index (χ0n) is 13.2. The predicted octanol–water partition coefficient (Wildman–Crippen LogP) is 2.77. The summed E-state index contributed by atoms with van der Waals surface area (Å²) in [5, 5.41) is 14.1. The molecule has 0 bridgehead atoms. The Morgan fingerprint density at radius 2 is 1.87 bits per heavy atom. The van der Waals surface area contributed by atoms with Crippen molar-refractivity contribution < 1.29 is 14.6 Å². The van der Waals surface area contributed by atoms with Crippen LogP contribution in [0, 0.1) is 0 Å². The van der Waals surface area contributed by atoms with Crippen LogP contribution in [0.25, 0.3) is 0 Å². The van der Waals surface area contributed by atoms with Crippen molar-refractivity contribution in [1.29, 1.82) is 0 Å². The molecule has 23 heavy (non-hydrogen) atoms. The van der Waals surface area contributed by atoms with Gasteiger partial charge >= 0.3 is 0 Å². The second-order valence-corrected chi connectivity index (χ2v) is 6.25. The zero-order chi connectivity index (χ0) is 15.8. The minimum atomic E-state index is -0.453. The van der Waals surface area contributed by atoms with E-state index >= 15 is 0 Å². The molecule has 2 aromatic rings. The molecule has 0 fully saturated rings. The van der Waals surface area contributed by atoms with Crippen LogP contribution in [0.4, 0.5) is 0 Å². The number of ether oxygens (including phenoxy) is 2. The van der Waals surface area contributed by atoms with Gasteiger partial charge in [-0.2, -0.15) is 0 Å². The Balaban J connectivity index is 1.49. The van der Waals surface area contributed by atoms with Crippen LogP contribution in [0.3, 0.4) is 0 Å². The molecule has 2 aromatic carbocycles. The molecule has 1 aliphatic carbocycles. The first-order valence-corrected chi connectivity index (χ1v) is 8.14. The highest BCUT2D eigenvalue weighted by atomic mass is 16.6. The minimum absolute atomic E-state index is 0.0376. The third-order valence-electron chi connectivity index (χ3n) is 4.73. The second-order valence-electron chi connectivity index (χ2n) is 6.25. The maximum atomic E-state index is 10.5. The van der Waals surface area contributed by atoms with Gasteiger partial charge in [0.2, 0.25) is 0 Å². The van der Waals surface area contributed by atoms with Gasteiger partial charge in [-0.25, -0.2) is 0 Å². The van der Waals surface area contributed by atoms with Crippen LogP contribution in [-0.2, 0) is 6.42 Å². The maximum Gasteiger partial charge on any atom is 0.161 e. The summed E-state index contributed by atoms with van der Waals surface area (Å²) in [6.07, 6.45) is 0.400. The summed E-state index contributed by atoms with van der Waals surface area (Å²) in [5.74, 6) is 1.61. The van der Waals surface area contributed by atoms with Crippen molar-refractivity contribution in [1.82, 2.24) is 5.32 Å². The lowest BCUT2D eigenvalue weighted by atomic mass is 10.0. The van der Waals surface area contributed by atoms with Crippen LogP contribution in [0.2, 0.25) is 0 Å². The molecule has 0 amide bonds. The SMILES string of the molecule is CC(NC1Cc2ccccc2C1O)c1ccc2c(c1)OCCO2. The molecule has 3 atom stereocenters. The van der Waals surface area contributed by atoms with E-state index in [2.05, 4.69) is 24.4 Å². The number of benzene rings is 2. The molecule has 120 valence electrons. The molecule has 4 heteroatoms. The second kappa shape index (κ2) is 5.87. The largest absolute Gasteiger partial charge is 0.486 e. The topological polar surface area (TPSA) is 50.7 Å². The van der Waals surface area contributed by atoms with Crippen molar-refractivity contribution >= 4 is 0 Å². The van der Waals surface area contributed by atoms with Gasteiger partial charge < -0.3 is 19.9 Å². The molecule has 0 radical (unpaired) electrons. The summed E-state index contributed by atoms with van der Waals surface area (Å²) in [4.78, 5) is 0. The normalized spacial score (nSPS) is 23.4. The lowest BCUT2D eigenvalue weighted by Gasteiger charge is -2.24. The molecule has 0 aromatic heterocycles. The van der Waals surface area contributed by atoms with Gasteiger partial charge in [0.15, 0.2) is 11.5 Å². The maximum absolute atomic E-state index is 10.5. The number of hydrogen-bond acceptors (Lipinski definition) is 4. The Hall–Kier alpha value is -2.04. The minimum Gasteiger partial charge on any atom is -0.486 e. The lowest BCUT2D eigenvalue weighted by Crippen LogP contribution is -2.35. The molecule has 2 N–H and O–H groups in total. The van der Waals surface area contributed by atoms with E-state index in [0.29, 0.717) is 13.2 Å². The molecule has 0 saturated heterocycles.